The lowest BCUT2D eigenvalue weighted by Crippen LogP contribution is -1.88. The van der Waals surface area contributed by atoms with Gasteiger partial charge >= 0.3 is 0 Å². The first-order valence-corrected chi connectivity index (χ1v) is 5.30. The van der Waals surface area contributed by atoms with Crippen LogP contribution in [0.4, 0.5) is 5.69 Å². The Balaban J connectivity index is 2.24. The SMILES string of the molecule is COc1ccc(C#Cc2ccccc2N)cc1. The number of nitrogen functional groups attached to an aromatic ring is 1. The maximum atomic E-state index is 5.81. The maximum Gasteiger partial charge on any atom is 0.118 e. The van der Waals surface area contributed by atoms with Crippen molar-refractivity contribution in [3.63, 3.8) is 0 Å². The van der Waals surface area contributed by atoms with E-state index in [2.05, 4.69) is 11.8 Å². The summed E-state index contributed by atoms with van der Waals surface area (Å²) in [5, 5.41) is 0. The predicted octanol–water partition coefficient (Wildman–Crippen LogP) is 2.68. The summed E-state index contributed by atoms with van der Waals surface area (Å²) in [7, 11) is 1.64. The van der Waals surface area contributed by atoms with Crippen molar-refractivity contribution >= 4 is 5.69 Å². The van der Waals surface area contributed by atoms with Gasteiger partial charge in [-0.25, -0.2) is 0 Å². The number of rotatable bonds is 1. The van der Waals surface area contributed by atoms with E-state index < -0.39 is 0 Å². The standard InChI is InChI=1S/C15H13NO/c1-17-14-10-7-12(8-11-14)6-9-13-4-2-3-5-15(13)16/h2-5,7-8,10-11H,16H2,1H3. The molecule has 0 aliphatic rings. The smallest absolute Gasteiger partial charge is 0.118 e. The predicted molar refractivity (Wildman–Crippen MR) is 69.8 cm³/mol. The molecule has 2 rings (SSSR count). The quantitative estimate of drug-likeness (QED) is 0.596. The lowest BCUT2D eigenvalue weighted by atomic mass is 10.1. The van der Waals surface area contributed by atoms with Crippen LogP contribution in [0.2, 0.25) is 0 Å². The molecule has 0 bridgehead atoms. The van der Waals surface area contributed by atoms with Crippen molar-refractivity contribution in [1.29, 1.82) is 0 Å². The maximum absolute atomic E-state index is 5.81. The van der Waals surface area contributed by atoms with E-state index in [0.717, 1.165) is 16.9 Å². The third-order valence-electron chi connectivity index (χ3n) is 2.39. The van der Waals surface area contributed by atoms with Crippen LogP contribution in [0.1, 0.15) is 11.1 Å². The topological polar surface area (TPSA) is 35.2 Å². The Morgan fingerprint density at radius 2 is 1.65 bits per heavy atom. The fourth-order valence-corrected chi connectivity index (χ4v) is 1.42. The summed E-state index contributed by atoms with van der Waals surface area (Å²) in [4.78, 5) is 0. The van der Waals surface area contributed by atoms with Gasteiger partial charge in [0.05, 0.1) is 7.11 Å². The van der Waals surface area contributed by atoms with Crippen molar-refractivity contribution in [2.45, 2.75) is 0 Å². The average molecular weight is 223 g/mol. The monoisotopic (exact) mass is 223 g/mol. The fourth-order valence-electron chi connectivity index (χ4n) is 1.42. The van der Waals surface area contributed by atoms with Crippen LogP contribution in [0.5, 0.6) is 5.75 Å². The minimum absolute atomic E-state index is 0.702. The number of ether oxygens (including phenoxy) is 1. The van der Waals surface area contributed by atoms with Crippen molar-refractivity contribution in [3.8, 4) is 17.6 Å². The zero-order valence-electron chi connectivity index (χ0n) is 9.60. The van der Waals surface area contributed by atoms with Crippen LogP contribution < -0.4 is 10.5 Å². The summed E-state index contributed by atoms with van der Waals surface area (Å²) in [6.45, 7) is 0. The van der Waals surface area contributed by atoms with Crippen LogP contribution in [-0.2, 0) is 0 Å². The van der Waals surface area contributed by atoms with Crippen molar-refractivity contribution < 1.29 is 4.74 Å². The Labute approximate surface area is 101 Å². The Morgan fingerprint density at radius 1 is 0.941 bits per heavy atom. The van der Waals surface area contributed by atoms with E-state index in [1.165, 1.54) is 0 Å². The van der Waals surface area contributed by atoms with Gasteiger partial charge in [-0.1, -0.05) is 24.0 Å². The fraction of sp³-hybridized carbons (Fsp3) is 0.0667. The molecule has 2 aromatic carbocycles. The molecule has 0 saturated carbocycles. The molecule has 0 fully saturated rings. The minimum atomic E-state index is 0.702. The second kappa shape index (κ2) is 5.09. The van der Waals surface area contributed by atoms with E-state index in [4.69, 9.17) is 10.5 Å². The van der Waals surface area contributed by atoms with Crippen LogP contribution in [0.25, 0.3) is 0 Å². The molecule has 0 atom stereocenters. The highest BCUT2D eigenvalue weighted by atomic mass is 16.5. The number of para-hydroxylation sites is 1. The van der Waals surface area contributed by atoms with E-state index in [0.29, 0.717) is 5.69 Å². The molecular formula is C15H13NO. The van der Waals surface area contributed by atoms with Crippen LogP contribution in [0, 0.1) is 11.8 Å². The first-order chi connectivity index (χ1) is 8.29. The number of benzene rings is 2. The summed E-state index contributed by atoms with van der Waals surface area (Å²) in [5.74, 6) is 6.95. The Hall–Kier alpha value is -2.40. The summed E-state index contributed by atoms with van der Waals surface area (Å²) < 4.78 is 5.08. The number of nitrogens with two attached hydrogens (primary N) is 1. The van der Waals surface area contributed by atoms with Crippen molar-refractivity contribution in [2.24, 2.45) is 0 Å². The van der Waals surface area contributed by atoms with Gasteiger partial charge in [-0.2, -0.15) is 0 Å². The molecular weight excluding hydrogens is 210 g/mol. The second-order valence-electron chi connectivity index (χ2n) is 3.57. The Kier molecular flexibility index (Phi) is 3.32. The van der Waals surface area contributed by atoms with Crippen molar-refractivity contribution in [1.82, 2.24) is 0 Å². The first kappa shape index (κ1) is 11.1. The van der Waals surface area contributed by atoms with Crippen LogP contribution in [-0.4, -0.2) is 7.11 Å². The molecule has 2 heteroatoms. The van der Waals surface area contributed by atoms with Gasteiger partial charge in [0.2, 0.25) is 0 Å². The summed E-state index contributed by atoms with van der Waals surface area (Å²) in [6, 6.07) is 15.2. The van der Waals surface area contributed by atoms with Gasteiger partial charge in [-0.15, -0.1) is 0 Å². The summed E-state index contributed by atoms with van der Waals surface area (Å²) >= 11 is 0. The average Bonchev–Trinajstić information content (AvgIpc) is 2.38. The third-order valence-corrected chi connectivity index (χ3v) is 2.39. The van der Waals surface area contributed by atoms with E-state index in [1.807, 2.05) is 48.5 Å². The van der Waals surface area contributed by atoms with E-state index in [9.17, 15) is 0 Å². The zero-order valence-corrected chi connectivity index (χ0v) is 9.60. The van der Waals surface area contributed by atoms with Crippen molar-refractivity contribution in [3.05, 3.63) is 59.7 Å². The molecule has 0 unspecified atom stereocenters. The Bertz CT molecular complexity index is 561. The summed E-state index contributed by atoms with van der Waals surface area (Å²) in [6.07, 6.45) is 0. The zero-order chi connectivity index (χ0) is 12.1. The largest absolute Gasteiger partial charge is 0.497 e. The minimum Gasteiger partial charge on any atom is -0.497 e. The van der Waals surface area contributed by atoms with Gasteiger partial charge in [-0.3, -0.25) is 0 Å². The number of hydrogen-bond donors (Lipinski definition) is 1. The molecule has 0 amide bonds. The molecule has 0 radical (unpaired) electrons. The normalized spacial score (nSPS) is 9.24. The molecule has 0 spiro atoms. The van der Waals surface area contributed by atoms with E-state index in [-0.39, 0.29) is 0 Å². The van der Waals surface area contributed by atoms with Crippen LogP contribution in [0.3, 0.4) is 0 Å². The Morgan fingerprint density at radius 3 is 2.29 bits per heavy atom. The molecule has 0 aromatic heterocycles. The van der Waals surface area contributed by atoms with Gasteiger partial charge in [-0.05, 0) is 36.4 Å². The van der Waals surface area contributed by atoms with E-state index >= 15 is 0 Å². The van der Waals surface area contributed by atoms with Gasteiger partial charge in [0, 0.05) is 16.8 Å². The number of hydrogen-bond acceptors (Lipinski definition) is 2. The third kappa shape index (κ3) is 2.79. The van der Waals surface area contributed by atoms with Crippen molar-refractivity contribution in [2.75, 3.05) is 12.8 Å². The molecule has 2 N–H and O–H groups in total. The second-order valence-corrected chi connectivity index (χ2v) is 3.57. The summed E-state index contributed by atoms with van der Waals surface area (Å²) in [5.41, 5.74) is 8.30. The molecule has 0 saturated heterocycles. The number of anilines is 1. The van der Waals surface area contributed by atoms with E-state index in [1.54, 1.807) is 7.11 Å². The van der Waals surface area contributed by atoms with Gasteiger partial charge in [0.15, 0.2) is 0 Å². The van der Waals surface area contributed by atoms with Crippen LogP contribution in [0.15, 0.2) is 48.5 Å². The molecule has 84 valence electrons. The molecule has 2 nitrogen and oxygen atoms in total. The molecule has 0 aliphatic carbocycles. The lowest BCUT2D eigenvalue weighted by molar-refractivity contribution is 0.415. The van der Waals surface area contributed by atoms with Gasteiger partial charge < -0.3 is 10.5 Å². The number of methoxy groups -OCH3 is 1. The van der Waals surface area contributed by atoms with Gasteiger partial charge in [0.1, 0.15) is 5.75 Å². The van der Waals surface area contributed by atoms with Crippen LogP contribution >= 0.6 is 0 Å². The molecule has 0 aliphatic heterocycles. The first-order valence-electron chi connectivity index (χ1n) is 5.30. The molecule has 0 heterocycles. The highest BCUT2D eigenvalue weighted by molar-refractivity contribution is 5.57. The molecule has 17 heavy (non-hydrogen) atoms. The molecule has 2 aromatic rings. The lowest BCUT2D eigenvalue weighted by Gasteiger charge is -1.98. The van der Waals surface area contributed by atoms with Gasteiger partial charge in [0.25, 0.3) is 0 Å². The highest BCUT2D eigenvalue weighted by Gasteiger charge is 1.92. The highest BCUT2D eigenvalue weighted by Crippen LogP contribution is 2.11.